The molecule has 0 N–H and O–H groups in total. The van der Waals surface area contributed by atoms with E-state index in [4.69, 9.17) is 4.99 Å². The lowest BCUT2D eigenvalue weighted by Crippen LogP contribution is -2.24. The monoisotopic (exact) mass is 783 g/mol. The molecule has 11 rings (SSSR count). The van der Waals surface area contributed by atoms with Crippen LogP contribution in [0.3, 0.4) is 0 Å². The molecule has 1 heteroatoms. The van der Waals surface area contributed by atoms with Gasteiger partial charge in [0.05, 0.1) is 5.69 Å². The Morgan fingerprint density at radius 1 is 0.623 bits per heavy atom. The van der Waals surface area contributed by atoms with Crippen LogP contribution >= 0.6 is 0 Å². The third-order valence-corrected chi connectivity index (χ3v) is 13.8. The molecule has 61 heavy (non-hydrogen) atoms. The Labute approximate surface area is 360 Å². The minimum atomic E-state index is 0.146. The Balaban J connectivity index is 1.06. The Bertz CT molecular complexity index is 3150. The minimum absolute atomic E-state index is 0.146. The van der Waals surface area contributed by atoms with Crippen molar-refractivity contribution in [2.75, 3.05) is 0 Å². The molecular formula is C60H49N. The van der Waals surface area contributed by atoms with Gasteiger partial charge in [-0.05, 0) is 146 Å². The van der Waals surface area contributed by atoms with E-state index in [1.807, 2.05) is 0 Å². The standard InChI is InChI=1S/C60H49N/c1-38-14-4-10-20-50(38)54-32-30-43-17-9-11-21-51(43)58(54)40(3)61-57-37-47(25-24-39(57)2)46-31-33-55-56(36-46)60(49-29-27-42-16-6-8-19-45(42)35-49)53-23-13-12-22-52(53)59(55)48-28-26-41-15-5-7-18-44(41)34-48/h4,6-14,16-25,27-37,41,56,60H,5,15,26H2,1-3H3/b61-40+. The zero-order valence-corrected chi connectivity index (χ0v) is 35.2. The molecule has 7 aromatic carbocycles. The van der Waals surface area contributed by atoms with Crippen molar-refractivity contribution < 1.29 is 0 Å². The summed E-state index contributed by atoms with van der Waals surface area (Å²) in [6.45, 7) is 6.57. The molecule has 0 saturated heterocycles. The fourth-order valence-corrected chi connectivity index (χ4v) is 10.6. The predicted molar refractivity (Wildman–Crippen MR) is 260 cm³/mol. The van der Waals surface area contributed by atoms with E-state index in [0.717, 1.165) is 23.4 Å². The SMILES string of the molecule is C/C(=N\c1cc(C2=CC3C(=C(C4=CCC5CCC=CC5=C4)c4ccccc4C3c3ccc4ccccc4c3)C=C2)ccc1C)c1c(-c2ccccc2C)ccc2ccccc12. The highest BCUT2D eigenvalue weighted by atomic mass is 14.7. The van der Waals surface area contributed by atoms with Gasteiger partial charge in [-0.1, -0.05) is 182 Å². The minimum Gasteiger partial charge on any atom is -0.253 e. The first-order valence-electron chi connectivity index (χ1n) is 22.0. The van der Waals surface area contributed by atoms with E-state index in [-0.39, 0.29) is 11.8 Å². The van der Waals surface area contributed by atoms with Crippen LogP contribution in [0.2, 0.25) is 0 Å². The van der Waals surface area contributed by atoms with Crippen LogP contribution < -0.4 is 0 Å². The molecule has 0 aromatic heterocycles. The lowest BCUT2D eigenvalue weighted by atomic mass is 9.64. The molecule has 0 saturated carbocycles. The molecule has 0 heterocycles. The summed E-state index contributed by atoms with van der Waals surface area (Å²) in [6, 6.07) is 53.9. The Morgan fingerprint density at radius 3 is 2.28 bits per heavy atom. The van der Waals surface area contributed by atoms with Crippen LogP contribution in [0.4, 0.5) is 5.69 Å². The highest BCUT2D eigenvalue weighted by molar-refractivity contribution is 6.15. The van der Waals surface area contributed by atoms with Gasteiger partial charge in [0.2, 0.25) is 0 Å². The molecular weight excluding hydrogens is 735 g/mol. The third-order valence-electron chi connectivity index (χ3n) is 13.8. The van der Waals surface area contributed by atoms with Gasteiger partial charge in [0, 0.05) is 23.1 Å². The van der Waals surface area contributed by atoms with Crippen molar-refractivity contribution in [1.82, 2.24) is 0 Å². The van der Waals surface area contributed by atoms with Crippen molar-refractivity contribution in [3.05, 3.63) is 244 Å². The van der Waals surface area contributed by atoms with E-state index in [9.17, 15) is 0 Å². The predicted octanol–water partition coefficient (Wildman–Crippen LogP) is 15.8. The lowest BCUT2D eigenvalue weighted by molar-refractivity contribution is 0.564. The third kappa shape index (κ3) is 6.61. The van der Waals surface area contributed by atoms with Crippen LogP contribution in [0.25, 0.3) is 43.8 Å². The summed E-state index contributed by atoms with van der Waals surface area (Å²) in [7, 11) is 0. The lowest BCUT2D eigenvalue weighted by Gasteiger charge is -2.38. The van der Waals surface area contributed by atoms with Gasteiger partial charge in [-0.3, -0.25) is 4.99 Å². The summed E-state index contributed by atoms with van der Waals surface area (Å²) in [5.74, 6) is 0.937. The van der Waals surface area contributed by atoms with Crippen LogP contribution in [-0.2, 0) is 0 Å². The van der Waals surface area contributed by atoms with E-state index >= 15 is 0 Å². The van der Waals surface area contributed by atoms with Gasteiger partial charge in [0.25, 0.3) is 0 Å². The van der Waals surface area contributed by atoms with Crippen molar-refractivity contribution in [2.45, 2.75) is 46.0 Å². The quantitative estimate of drug-likeness (QED) is 0.149. The molecule has 7 aromatic rings. The number of hydrogen-bond acceptors (Lipinski definition) is 1. The zero-order valence-electron chi connectivity index (χ0n) is 35.2. The van der Waals surface area contributed by atoms with E-state index in [1.54, 1.807) is 0 Å². The largest absolute Gasteiger partial charge is 0.253 e. The second-order valence-corrected chi connectivity index (χ2v) is 17.4. The number of benzene rings is 7. The molecule has 0 bridgehead atoms. The fourth-order valence-electron chi connectivity index (χ4n) is 10.6. The van der Waals surface area contributed by atoms with E-state index < -0.39 is 0 Å². The van der Waals surface area contributed by atoms with Gasteiger partial charge >= 0.3 is 0 Å². The molecule has 0 fully saturated rings. The summed E-state index contributed by atoms with van der Waals surface area (Å²) in [4.78, 5) is 5.50. The highest BCUT2D eigenvalue weighted by Crippen LogP contribution is 2.53. The topological polar surface area (TPSA) is 12.4 Å². The number of aliphatic imine (C=N–C) groups is 1. The van der Waals surface area contributed by atoms with Crippen molar-refractivity contribution >= 4 is 44.1 Å². The molecule has 0 aliphatic heterocycles. The van der Waals surface area contributed by atoms with E-state index in [1.165, 1.54) is 107 Å². The fraction of sp³-hybridized carbons (Fsp3) is 0.150. The normalized spacial score (nSPS) is 19.6. The van der Waals surface area contributed by atoms with Crippen LogP contribution in [0.5, 0.6) is 0 Å². The summed E-state index contributed by atoms with van der Waals surface area (Å²) >= 11 is 0. The second kappa shape index (κ2) is 15.3. The maximum absolute atomic E-state index is 5.50. The van der Waals surface area contributed by atoms with E-state index in [2.05, 4.69) is 209 Å². The molecule has 0 amide bonds. The van der Waals surface area contributed by atoms with E-state index in [0.29, 0.717) is 5.92 Å². The number of fused-ring (bicyclic) bond motifs is 5. The molecule has 4 aliphatic carbocycles. The van der Waals surface area contributed by atoms with Gasteiger partial charge in [-0.25, -0.2) is 0 Å². The van der Waals surface area contributed by atoms with Crippen molar-refractivity contribution in [1.29, 1.82) is 0 Å². The Morgan fingerprint density at radius 2 is 1.39 bits per heavy atom. The van der Waals surface area contributed by atoms with Crippen molar-refractivity contribution in [2.24, 2.45) is 16.8 Å². The maximum atomic E-state index is 5.50. The van der Waals surface area contributed by atoms with Gasteiger partial charge in [0.1, 0.15) is 0 Å². The molecule has 4 aliphatic rings. The first-order valence-corrected chi connectivity index (χ1v) is 22.0. The summed E-state index contributed by atoms with van der Waals surface area (Å²) in [5, 5.41) is 5.01. The average Bonchev–Trinajstić information content (AvgIpc) is 3.30. The first kappa shape index (κ1) is 37.2. The van der Waals surface area contributed by atoms with Gasteiger partial charge in [0.15, 0.2) is 0 Å². The van der Waals surface area contributed by atoms with Crippen LogP contribution in [0.1, 0.15) is 71.0 Å². The molecule has 3 atom stereocenters. The Kier molecular flexibility index (Phi) is 9.34. The number of allylic oxidation sites excluding steroid dienone is 12. The molecule has 3 unspecified atom stereocenters. The van der Waals surface area contributed by atoms with Crippen LogP contribution in [0.15, 0.2) is 210 Å². The molecule has 0 spiro atoms. The van der Waals surface area contributed by atoms with Gasteiger partial charge in [-0.15, -0.1) is 0 Å². The Hall–Kier alpha value is -6.83. The summed E-state index contributed by atoms with van der Waals surface area (Å²) in [6.07, 6.45) is 20.7. The smallest absolute Gasteiger partial charge is 0.0668 e. The number of hydrogen-bond donors (Lipinski definition) is 0. The second-order valence-electron chi connectivity index (χ2n) is 17.4. The van der Waals surface area contributed by atoms with Crippen molar-refractivity contribution in [3.63, 3.8) is 0 Å². The molecule has 294 valence electrons. The van der Waals surface area contributed by atoms with Gasteiger partial charge in [-0.2, -0.15) is 0 Å². The first-order chi connectivity index (χ1) is 30.0. The number of rotatable bonds is 6. The molecule has 1 nitrogen and oxygen atoms in total. The number of aryl methyl sites for hydroxylation is 2. The van der Waals surface area contributed by atoms with Crippen LogP contribution in [-0.4, -0.2) is 5.71 Å². The number of nitrogens with zero attached hydrogens (tertiary/aromatic N) is 1. The van der Waals surface area contributed by atoms with Crippen molar-refractivity contribution in [3.8, 4) is 11.1 Å². The molecule has 0 radical (unpaired) electrons. The average molecular weight is 784 g/mol. The summed E-state index contributed by atoms with van der Waals surface area (Å²) < 4.78 is 0. The summed E-state index contributed by atoms with van der Waals surface area (Å²) in [5.41, 5.74) is 20.3. The van der Waals surface area contributed by atoms with Crippen LogP contribution in [0, 0.1) is 25.7 Å². The maximum Gasteiger partial charge on any atom is 0.0668 e. The zero-order chi connectivity index (χ0) is 41.0. The highest BCUT2D eigenvalue weighted by Gasteiger charge is 2.37. The van der Waals surface area contributed by atoms with Gasteiger partial charge < -0.3 is 0 Å².